The van der Waals surface area contributed by atoms with Gasteiger partial charge in [-0.2, -0.15) is 0 Å². The van der Waals surface area contributed by atoms with Crippen LogP contribution in [0.15, 0.2) is 46.4 Å². The van der Waals surface area contributed by atoms with Gasteiger partial charge in [-0.1, -0.05) is 0 Å². The first-order valence-corrected chi connectivity index (χ1v) is 7.50. The Balaban J connectivity index is 1.97. The molecule has 0 heterocycles. The number of phenolic OH excluding ortho intramolecular Hbond substituents is 2. The number of carbonyl (C=O) groups is 2. The number of hydrogen-bond acceptors (Lipinski definition) is 6. The minimum Gasteiger partial charge on any atom is -0.507 e. The molecule has 26 heavy (non-hydrogen) atoms. The fraction of sp³-hybridized carbons (Fsp3) is 0.111. The first kappa shape index (κ1) is 18.7. The van der Waals surface area contributed by atoms with Crippen molar-refractivity contribution in [1.29, 1.82) is 0 Å². The summed E-state index contributed by atoms with van der Waals surface area (Å²) in [6.45, 7) is 0.513. The highest BCUT2D eigenvalue weighted by Crippen LogP contribution is 2.17. The topological polar surface area (TPSA) is 140 Å². The van der Waals surface area contributed by atoms with E-state index in [1.807, 2.05) is 0 Å². The molecule has 0 bridgehead atoms. The van der Waals surface area contributed by atoms with Crippen molar-refractivity contribution in [2.45, 2.75) is 0 Å². The molecule has 0 fully saturated rings. The summed E-state index contributed by atoms with van der Waals surface area (Å²) in [5, 5.41) is 37.2. The van der Waals surface area contributed by atoms with Crippen LogP contribution in [0.4, 0.5) is 0 Å². The summed E-state index contributed by atoms with van der Waals surface area (Å²) < 4.78 is 0. The molecule has 0 saturated carbocycles. The number of aromatic carboxylic acids is 2. The Hall–Kier alpha value is -3.68. The second-order valence-corrected chi connectivity index (χ2v) is 5.23. The third kappa shape index (κ3) is 4.91. The highest BCUT2D eigenvalue weighted by Gasteiger charge is 2.07. The quantitative estimate of drug-likeness (QED) is 0.442. The van der Waals surface area contributed by atoms with Gasteiger partial charge in [-0.15, -0.1) is 0 Å². The lowest BCUT2D eigenvalue weighted by molar-refractivity contribution is 0.0686. The molecular weight excluding hydrogens is 340 g/mol. The van der Waals surface area contributed by atoms with Gasteiger partial charge in [0.05, 0.1) is 24.2 Å². The van der Waals surface area contributed by atoms with Crippen LogP contribution in [0.25, 0.3) is 0 Å². The van der Waals surface area contributed by atoms with E-state index in [-0.39, 0.29) is 46.8 Å². The smallest absolute Gasteiger partial charge is 0.335 e. The minimum atomic E-state index is -1.10. The zero-order chi connectivity index (χ0) is 19.1. The van der Waals surface area contributed by atoms with Gasteiger partial charge in [0.15, 0.2) is 0 Å². The monoisotopic (exact) mass is 356 g/mol. The molecular formula is C18H16N2O6. The van der Waals surface area contributed by atoms with E-state index in [2.05, 4.69) is 9.98 Å². The van der Waals surface area contributed by atoms with E-state index >= 15 is 0 Å². The summed E-state index contributed by atoms with van der Waals surface area (Å²) in [4.78, 5) is 29.9. The number of carboxylic acids is 2. The average molecular weight is 356 g/mol. The van der Waals surface area contributed by atoms with E-state index in [0.29, 0.717) is 0 Å². The summed E-state index contributed by atoms with van der Waals surface area (Å²) in [7, 11) is 0. The van der Waals surface area contributed by atoms with Crippen molar-refractivity contribution in [3.05, 3.63) is 58.7 Å². The Morgan fingerprint density at radius 3 is 1.50 bits per heavy atom. The molecule has 4 N–H and O–H groups in total. The van der Waals surface area contributed by atoms with E-state index in [4.69, 9.17) is 10.2 Å². The van der Waals surface area contributed by atoms with Crippen LogP contribution in [0, 0.1) is 0 Å². The van der Waals surface area contributed by atoms with Crippen molar-refractivity contribution < 1.29 is 30.0 Å². The predicted octanol–water partition coefficient (Wildman–Crippen LogP) is 2.03. The van der Waals surface area contributed by atoms with Gasteiger partial charge in [0, 0.05) is 23.6 Å². The molecule has 134 valence electrons. The Bertz CT molecular complexity index is 816. The molecule has 8 heteroatoms. The van der Waals surface area contributed by atoms with Gasteiger partial charge in [0.2, 0.25) is 0 Å². The Labute approximate surface area is 148 Å². The molecule has 0 aliphatic rings. The summed E-state index contributed by atoms with van der Waals surface area (Å²) in [5.74, 6) is -2.38. The van der Waals surface area contributed by atoms with Crippen molar-refractivity contribution in [2.75, 3.05) is 13.1 Å². The summed E-state index contributed by atoms with van der Waals surface area (Å²) in [6.07, 6.45) is 2.69. The molecule has 0 aromatic heterocycles. The van der Waals surface area contributed by atoms with Crippen molar-refractivity contribution in [2.24, 2.45) is 9.98 Å². The van der Waals surface area contributed by atoms with Crippen LogP contribution < -0.4 is 0 Å². The first-order valence-electron chi connectivity index (χ1n) is 7.50. The molecule has 2 aromatic rings. The average Bonchev–Trinajstić information content (AvgIpc) is 2.60. The van der Waals surface area contributed by atoms with Crippen LogP contribution in [0.1, 0.15) is 31.8 Å². The summed E-state index contributed by atoms with van der Waals surface area (Å²) in [6, 6.07) is 7.75. The van der Waals surface area contributed by atoms with E-state index in [1.54, 1.807) is 0 Å². The lowest BCUT2D eigenvalue weighted by Gasteiger charge is -2.01. The van der Waals surface area contributed by atoms with Crippen LogP contribution in [0.2, 0.25) is 0 Å². The van der Waals surface area contributed by atoms with Crippen LogP contribution >= 0.6 is 0 Å². The van der Waals surface area contributed by atoms with Gasteiger partial charge in [-0.3, -0.25) is 9.98 Å². The van der Waals surface area contributed by atoms with Crippen LogP contribution in [-0.2, 0) is 0 Å². The minimum absolute atomic E-state index is 0.0380. The number of rotatable bonds is 7. The van der Waals surface area contributed by atoms with E-state index in [0.717, 1.165) is 0 Å². The first-order chi connectivity index (χ1) is 12.4. The number of nitrogens with zero attached hydrogens (tertiary/aromatic N) is 2. The zero-order valence-electron chi connectivity index (χ0n) is 13.5. The largest absolute Gasteiger partial charge is 0.507 e. The maximum absolute atomic E-state index is 10.9. The highest BCUT2D eigenvalue weighted by atomic mass is 16.4. The zero-order valence-corrected chi connectivity index (χ0v) is 13.5. The number of aromatic hydroxyl groups is 2. The number of benzene rings is 2. The normalized spacial score (nSPS) is 11.2. The third-order valence-electron chi connectivity index (χ3n) is 3.37. The molecule has 0 saturated heterocycles. The second kappa shape index (κ2) is 8.43. The number of aliphatic imine (C=N–C) groups is 2. The van der Waals surface area contributed by atoms with E-state index in [1.165, 1.54) is 48.8 Å². The molecule has 0 amide bonds. The fourth-order valence-electron chi connectivity index (χ4n) is 2.02. The van der Waals surface area contributed by atoms with Gasteiger partial charge >= 0.3 is 11.9 Å². The van der Waals surface area contributed by atoms with Crippen molar-refractivity contribution in [1.82, 2.24) is 0 Å². The molecule has 0 aliphatic heterocycles. The maximum Gasteiger partial charge on any atom is 0.335 e. The van der Waals surface area contributed by atoms with Crippen LogP contribution in [0.3, 0.4) is 0 Å². The van der Waals surface area contributed by atoms with Gasteiger partial charge in [-0.05, 0) is 36.4 Å². The molecule has 2 aromatic carbocycles. The SMILES string of the molecule is O=C(O)c1ccc(O)c(/C=N/CC/N=C/c2cc(C(=O)O)ccc2O)c1. The second-order valence-electron chi connectivity index (χ2n) is 5.23. The fourth-order valence-corrected chi connectivity index (χ4v) is 2.02. The number of carboxylic acid groups (broad SMARTS) is 2. The predicted molar refractivity (Wildman–Crippen MR) is 95.1 cm³/mol. The summed E-state index contributed by atoms with van der Waals surface area (Å²) in [5.41, 5.74) is 0.633. The molecule has 0 unspecified atom stereocenters. The van der Waals surface area contributed by atoms with Crippen LogP contribution in [0.5, 0.6) is 11.5 Å². The maximum atomic E-state index is 10.9. The molecule has 8 nitrogen and oxygen atoms in total. The van der Waals surface area contributed by atoms with Gasteiger partial charge in [0.25, 0.3) is 0 Å². The molecule has 0 atom stereocenters. The van der Waals surface area contributed by atoms with E-state index < -0.39 is 11.9 Å². The third-order valence-corrected chi connectivity index (χ3v) is 3.37. The molecule has 0 radical (unpaired) electrons. The lowest BCUT2D eigenvalue weighted by atomic mass is 10.1. The Kier molecular flexibility index (Phi) is 6.05. The Morgan fingerprint density at radius 2 is 1.15 bits per heavy atom. The van der Waals surface area contributed by atoms with Gasteiger partial charge in [-0.25, -0.2) is 9.59 Å². The number of phenols is 2. The standard InChI is InChI=1S/C18H16N2O6/c21-15-3-1-11(17(23)24)7-13(15)9-19-5-6-20-10-14-8-12(18(25)26)2-4-16(14)22/h1-4,7-10,21-22H,5-6H2,(H,23,24)(H,25,26)/b19-9+,20-10+. The van der Waals surface area contributed by atoms with E-state index in [9.17, 15) is 19.8 Å². The number of hydrogen-bond donors (Lipinski definition) is 4. The molecule has 0 spiro atoms. The molecule has 0 aliphatic carbocycles. The highest BCUT2D eigenvalue weighted by molar-refractivity contribution is 5.93. The van der Waals surface area contributed by atoms with Crippen LogP contribution in [-0.4, -0.2) is 57.9 Å². The van der Waals surface area contributed by atoms with Crippen molar-refractivity contribution in [3.8, 4) is 11.5 Å². The Morgan fingerprint density at radius 1 is 0.769 bits per heavy atom. The lowest BCUT2D eigenvalue weighted by Crippen LogP contribution is -1.98. The van der Waals surface area contributed by atoms with Crippen molar-refractivity contribution in [3.63, 3.8) is 0 Å². The van der Waals surface area contributed by atoms with Crippen molar-refractivity contribution >= 4 is 24.4 Å². The summed E-state index contributed by atoms with van der Waals surface area (Å²) >= 11 is 0. The van der Waals surface area contributed by atoms with Gasteiger partial charge < -0.3 is 20.4 Å². The van der Waals surface area contributed by atoms with Gasteiger partial charge in [0.1, 0.15) is 11.5 Å². The molecule has 2 rings (SSSR count).